The first-order chi connectivity index (χ1) is 26.5. The van der Waals surface area contributed by atoms with Gasteiger partial charge in [0.25, 0.3) is 7.82 Å². The molecule has 3 unspecified atom stereocenters. The number of carbonyl (C=O) groups is 1. The summed E-state index contributed by atoms with van der Waals surface area (Å²) in [4.78, 5) is 25.3. The Morgan fingerprint density at radius 2 is 1.02 bits per heavy atom. The van der Waals surface area contributed by atoms with E-state index in [4.69, 9.17) is 9.05 Å². The molecule has 0 aliphatic heterocycles. The summed E-state index contributed by atoms with van der Waals surface area (Å²) in [7, 11) is 1.24. The van der Waals surface area contributed by atoms with Gasteiger partial charge in [0.1, 0.15) is 13.2 Å². The molecule has 0 aliphatic rings. The highest BCUT2D eigenvalue weighted by Gasteiger charge is 2.23. The van der Waals surface area contributed by atoms with E-state index >= 15 is 0 Å². The minimum Gasteiger partial charge on any atom is -0.756 e. The molecule has 0 bridgehead atoms. The van der Waals surface area contributed by atoms with Gasteiger partial charge in [-0.25, -0.2) is 0 Å². The van der Waals surface area contributed by atoms with Gasteiger partial charge in [0.2, 0.25) is 5.91 Å². The molecule has 0 saturated carbocycles. The van der Waals surface area contributed by atoms with Crippen LogP contribution in [0.2, 0.25) is 0 Å². The second-order valence-electron chi connectivity index (χ2n) is 16.7. The quantitative estimate of drug-likeness (QED) is 0.0276. The molecule has 8 nitrogen and oxygen atoms in total. The van der Waals surface area contributed by atoms with Crippen LogP contribution < -0.4 is 10.2 Å². The molecule has 0 heterocycles. The summed E-state index contributed by atoms with van der Waals surface area (Å²) in [5, 5.41) is 13.8. The Balaban J connectivity index is 4.46. The first-order valence-corrected chi connectivity index (χ1v) is 24.3. The molecular weight excluding hydrogens is 707 g/mol. The van der Waals surface area contributed by atoms with Crippen molar-refractivity contribution in [3.63, 3.8) is 0 Å². The molecule has 324 valence electrons. The molecule has 0 radical (unpaired) electrons. The molecule has 0 spiro atoms. The number of likely N-dealkylation sites (N-methyl/N-ethyl adjacent to an activating group) is 1. The van der Waals surface area contributed by atoms with E-state index in [0.717, 1.165) is 51.4 Å². The molecule has 0 aromatic carbocycles. The molecule has 2 N–H and O–H groups in total. The Morgan fingerprint density at radius 3 is 1.47 bits per heavy atom. The Hall–Kier alpha value is -1.28. The van der Waals surface area contributed by atoms with Crippen LogP contribution in [-0.4, -0.2) is 68.5 Å². The molecular formula is C46H89N2O6P. The summed E-state index contributed by atoms with van der Waals surface area (Å²) in [6.45, 7) is 4.61. The lowest BCUT2D eigenvalue weighted by molar-refractivity contribution is -0.870. The van der Waals surface area contributed by atoms with Gasteiger partial charge in [-0.15, -0.1) is 0 Å². The van der Waals surface area contributed by atoms with E-state index in [1.54, 1.807) is 6.08 Å². The zero-order chi connectivity index (χ0) is 40.7. The number of allylic oxidation sites excluding steroid dienone is 5. The maximum Gasteiger partial charge on any atom is 0.268 e. The highest BCUT2D eigenvalue weighted by molar-refractivity contribution is 7.45. The van der Waals surface area contributed by atoms with Crippen LogP contribution in [0.5, 0.6) is 0 Å². The fourth-order valence-corrected chi connectivity index (χ4v) is 7.12. The Kier molecular flexibility index (Phi) is 37.4. The third-order valence-corrected chi connectivity index (χ3v) is 11.0. The molecule has 9 heteroatoms. The Morgan fingerprint density at radius 1 is 0.618 bits per heavy atom. The molecule has 0 fully saturated rings. The lowest BCUT2D eigenvalue weighted by Gasteiger charge is -2.29. The van der Waals surface area contributed by atoms with E-state index in [1.807, 2.05) is 27.2 Å². The predicted octanol–water partition coefficient (Wildman–Crippen LogP) is 12.1. The molecule has 55 heavy (non-hydrogen) atoms. The van der Waals surface area contributed by atoms with Gasteiger partial charge in [-0.3, -0.25) is 9.36 Å². The Bertz CT molecular complexity index is 995. The molecule has 3 atom stereocenters. The van der Waals surface area contributed by atoms with Crippen LogP contribution in [-0.2, 0) is 18.4 Å². The van der Waals surface area contributed by atoms with Crippen molar-refractivity contribution in [1.82, 2.24) is 5.32 Å². The van der Waals surface area contributed by atoms with Crippen LogP contribution in [0.3, 0.4) is 0 Å². The van der Waals surface area contributed by atoms with E-state index in [2.05, 4.69) is 43.5 Å². The number of aliphatic hydroxyl groups is 1. The van der Waals surface area contributed by atoms with E-state index in [9.17, 15) is 19.4 Å². The highest BCUT2D eigenvalue weighted by atomic mass is 31.2. The maximum absolute atomic E-state index is 12.8. The normalized spacial score (nSPS) is 14.7. The average Bonchev–Trinajstić information content (AvgIpc) is 3.13. The van der Waals surface area contributed by atoms with Crippen LogP contribution in [0.4, 0.5) is 0 Å². The number of aliphatic hydroxyl groups excluding tert-OH is 1. The summed E-state index contributed by atoms with van der Waals surface area (Å²) >= 11 is 0. The fraction of sp³-hybridized carbons (Fsp3) is 0.848. The number of amides is 1. The van der Waals surface area contributed by atoms with E-state index in [-0.39, 0.29) is 12.5 Å². The fourth-order valence-electron chi connectivity index (χ4n) is 6.40. The standard InChI is InChI=1S/C46H89N2O6P/c1-6-8-10-12-14-16-18-20-22-23-24-26-28-30-32-34-36-38-40-46(50)47-44(43-54-55(51,52)53-42-41-48(3,4)5)45(49)39-37-35-33-31-29-27-25-21-19-17-15-13-11-9-7-2/h24,26,29,31,37,39,44-45,49H,6-23,25,27-28,30,32-36,38,40-43H2,1-5H3,(H-,47,50,51,52)/b26-24-,31-29+,39-37+. The van der Waals surface area contributed by atoms with Crippen molar-refractivity contribution in [3.05, 3.63) is 36.5 Å². The summed E-state index contributed by atoms with van der Waals surface area (Å²) in [5.41, 5.74) is 0. The van der Waals surface area contributed by atoms with Crippen LogP contribution in [0.25, 0.3) is 0 Å². The number of nitrogens with one attached hydrogen (secondary N) is 1. The monoisotopic (exact) mass is 797 g/mol. The highest BCUT2D eigenvalue weighted by Crippen LogP contribution is 2.38. The van der Waals surface area contributed by atoms with Crippen LogP contribution in [0, 0.1) is 0 Å². The summed E-state index contributed by atoms with van der Waals surface area (Å²) in [6.07, 6.45) is 46.2. The summed E-state index contributed by atoms with van der Waals surface area (Å²) in [6, 6.07) is -0.905. The van der Waals surface area contributed by atoms with Gasteiger partial charge >= 0.3 is 0 Å². The summed E-state index contributed by atoms with van der Waals surface area (Å²) in [5.74, 6) is -0.216. The van der Waals surface area contributed by atoms with Gasteiger partial charge in [0.05, 0.1) is 39.9 Å². The number of quaternary nitrogens is 1. The first-order valence-electron chi connectivity index (χ1n) is 22.9. The zero-order valence-electron chi connectivity index (χ0n) is 36.6. The van der Waals surface area contributed by atoms with Crippen molar-refractivity contribution >= 4 is 13.7 Å². The van der Waals surface area contributed by atoms with E-state index < -0.39 is 26.6 Å². The zero-order valence-corrected chi connectivity index (χ0v) is 37.5. The smallest absolute Gasteiger partial charge is 0.268 e. The number of hydrogen-bond donors (Lipinski definition) is 2. The van der Waals surface area contributed by atoms with E-state index in [1.165, 1.54) is 128 Å². The molecule has 0 saturated heterocycles. The van der Waals surface area contributed by atoms with Crippen LogP contribution in [0.1, 0.15) is 200 Å². The number of nitrogens with zero attached hydrogens (tertiary/aromatic N) is 1. The number of carbonyl (C=O) groups excluding carboxylic acids is 1. The van der Waals surface area contributed by atoms with Gasteiger partial charge < -0.3 is 28.8 Å². The summed E-state index contributed by atoms with van der Waals surface area (Å²) < 4.78 is 23.2. The minimum absolute atomic E-state index is 0.00789. The SMILES string of the molecule is CCCCCCCCCCC/C=C\CCCCCCCC(=O)NC(COP(=O)([O-])OCC[N+](C)(C)C)C(O)/C=C/CC/C=C/CCCCCCCCCCC. The van der Waals surface area contributed by atoms with Gasteiger partial charge in [0.15, 0.2) is 0 Å². The van der Waals surface area contributed by atoms with Gasteiger partial charge in [-0.1, -0.05) is 172 Å². The second kappa shape index (κ2) is 38.2. The number of unbranched alkanes of at least 4 members (excludes halogenated alkanes) is 24. The predicted molar refractivity (Wildman–Crippen MR) is 233 cm³/mol. The lowest BCUT2D eigenvalue weighted by Crippen LogP contribution is -2.45. The third-order valence-electron chi connectivity index (χ3n) is 10.1. The van der Waals surface area contributed by atoms with Crippen LogP contribution in [0.15, 0.2) is 36.5 Å². The van der Waals surface area contributed by atoms with Crippen LogP contribution >= 0.6 is 7.82 Å². The van der Waals surface area contributed by atoms with Crippen molar-refractivity contribution in [2.75, 3.05) is 40.9 Å². The van der Waals surface area contributed by atoms with Crippen molar-refractivity contribution in [3.8, 4) is 0 Å². The van der Waals surface area contributed by atoms with Crippen molar-refractivity contribution < 1.29 is 32.9 Å². The molecule has 0 aromatic rings. The first kappa shape index (κ1) is 53.7. The topological polar surface area (TPSA) is 108 Å². The molecule has 1 amide bonds. The maximum atomic E-state index is 12.8. The number of rotatable bonds is 41. The van der Waals surface area contributed by atoms with Gasteiger partial charge in [-0.05, 0) is 57.8 Å². The number of phosphoric ester groups is 1. The van der Waals surface area contributed by atoms with E-state index in [0.29, 0.717) is 17.4 Å². The Labute approximate surface area is 340 Å². The largest absolute Gasteiger partial charge is 0.756 e. The second-order valence-corrected chi connectivity index (χ2v) is 18.2. The molecule has 0 rings (SSSR count). The lowest BCUT2D eigenvalue weighted by atomic mass is 10.1. The molecule has 0 aliphatic carbocycles. The average molecular weight is 797 g/mol. The van der Waals surface area contributed by atoms with Crippen molar-refractivity contribution in [2.24, 2.45) is 0 Å². The molecule has 0 aromatic heterocycles. The minimum atomic E-state index is -4.60. The number of phosphoric acid groups is 1. The van der Waals surface area contributed by atoms with Crippen molar-refractivity contribution in [2.45, 2.75) is 212 Å². The van der Waals surface area contributed by atoms with Gasteiger partial charge in [0, 0.05) is 6.42 Å². The number of hydrogen-bond acceptors (Lipinski definition) is 6. The van der Waals surface area contributed by atoms with Gasteiger partial charge in [-0.2, -0.15) is 0 Å². The third kappa shape index (κ3) is 40.7. The van der Waals surface area contributed by atoms with Crippen molar-refractivity contribution in [1.29, 1.82) is 0 Å².